The van der Waals surface area contributed by atoms with E-state index in [1.807, 2.05) is 0 Å². The average Bonchev–Trinajstić information content (AvgIpc) is 2.31. The van der Waals surface area contributed by atoms with E-state index in [2.05, 4.69) is 5.32 Å². The Bertz CT molecular complexity index is 382. The first kappa shape index (κ1) is 13.4. The van der Waals surface area contributed by atoms with Crippen LogP contribution >= 0.6 is 0 Å². The van der Waals surface area contributed by atoms with Crippen LogP contribution in [0.1, 0.15) is 5.56 Å². The Morgan fingerprint density at radius 2 is 2.18 bits per heavy atom. The molecule has 0 aliphatic heterocycles. The highest BCUT2D eigenvalue weighted by Crippen LogP contribution is 2.27. The topological polar surface area (TPSA) is 73.6 Å². The van der Waals surface area contributed by atoms with Crippen molar-refractivity contribution in [3.63, 3.8) is 0 Å². The van der Waals surface area contributed by atoms with Crippen molar-refractivity contribution in [1.29, 1.82) is 0 Å². The van der Waals surface area contributed by atoms with Crippen LogP contribution in [0.2, 0.25) is 0 Å². The minimum absolute atomic E-state index is 0.0196. The maximum absolute atomic E-state index is 10.9. The van der Waals surface area contributed by atoms with Gasteiger partial charge >= 0.3 is 5.69 Å². The van der Waals surface area contributed by atoms with Crippen LogP contribution in [-0.2, 0) is 11.3 Å². The van der Waals surface area contributed by atoms with Crippen LogP contribution in [-0.4, -0.2) is 32.3 Å². The van der Waals surface area contributed by atoms with E-state index in [9.17, 15) is 10.1 Å². The zero-order chi connectivity index (χ0) is 12.7. The molecule has 0 aliphatic carbocycles. The number of nitrogens with zero attached hydrogens (tertiary/aromatic N) is 1. The summed E-state index contributed by atoms with van der Waals surface area (Å²) >= 11 is 0. The van der Waals surface area contributed by atoms with Crippen molar-refractivity contribution >= 4 is 5.69 Å². The highest BCUT2D eigenvalue weighted by Gasteiger charge is 2.15. The van der Waals surface area contributed by atoms with Crippen LogP contribution in [0.25, 0.3) is 0 Å². The smallest absolute Gasteiger partial charge is 0.311 e. The van der Waals surface area contributed by atoms with Gasteiger partial charge in [-0.3, -0.25) is 10.1 Å². The second kappa shape index (κ2) is 6.82. The van der Waals surface area contributed by atoms with E-state index in [-0.39, 0.29) is 11.4 Å². The van der Waals surface area contributed by atoms with Gasteiger partial charge in [0.2, 0.25) is 0 Å². The Kier molecular flexibility index (Phi) is 5.38. The first-order chi connectivity index (χ1) is 8.19. The summed E-state index contributed by atoms with van der Waals surface area (Å²) in [6.07, 6.45) is 0. The molecule has 0 heterocycles. The van der Waals surface area contributed by atoms with Gasteiger partial charge in [0.1, 0.15) is 6.61 Å². The molecule has 1 N–H and O–H groups in total. The summed E-state index contributed by atoms with van der Waals surface area (Å²) in [5.41, 5.74) is 0.826. The predicted molar refractivity (Wildman–Crippen MR) is 63.2 cm³/mol. The van der Waals surface area contributed by atoms with Crippen molar-refractivity contribution in [2.75, 3.05) is 27.4 Å². The normalized spacial score (nSPS) is 10.2. The minimum atomic E-state index is -0.443. The van der Waals surface area contributed by atoms with Gasteiger partial charge < -0.3 is 14.8 Å². The summed E-state index contributed by atoms with van der Waals surface area (Å²) < 4.78 is 10.1. The van der Waals surface area contributed by atoms with Crippen LogP contribution in [0.5, 0.6) is 5.75 Å². The van der Waals surface area contributed by atoms with Crippen LogP contribution < -0.4 is 10.1 Å². The Morgan fingerprint density at radius 3 is 2.76 bits per heavy atom. The van der Waals surface area contributed by atoms with Crippen molar-refractivity contribution in [2.45, 2.75) is 6.54 Å². The van der Waals surface area contributed by atoms with Crippen molar-refractivity contribution < 1.29 is 14.4 Å². The highest BCUT2D eigenvalue weighted by molar-refractivity contribution is 5.48. The molecule has 0 fully saturated rings. The molecule has 0 saturated carbocycles. The fourth-order valence-electron chi connectivity index (χ4n) is 1.38. The second-order valence-corrected chi connectivity index (χ2v) is 3.43. The van der Waals surface area contributed by atoms with Gasteiger partial charge in [0.15, 0.2) is 5.75 Å². The molecule has 0 amide bonds. The number of hydrogen-bond donors (Lipinski definition) is 1. The van der Waals surface area contributed by atoms with E-state index in [4.69, 9.17) is 9.47 Å². The summed E-state index contributed by atoms with van der Waals surface area (Å²) in [6.45, 7) is 1.28. The number of ether oxygens (including phenoxy) is 2. The molecular weight excluding hydrogens is 224 g/mol. The van der Waals surface area contributed by atoms with Gasteiger partial charge in [-0.05, 0) is 18.7 Å². The van der Waals surface area contributed by atoms with Crippen molar-refractivity contribution in [2.24, 2.45) is 0 Å². The zero-order valence-corrected chi connectivity index (χ0v) is 9.93. The number of rotatable bonds is 7. The lowest BCUT2D eigenvalue weighted by Gasteiger charge is -2.07. The van der Waals surface area contributed by atoms with Gasteiger partial charge in [0, 0.05) is 19.7 Å². The third kappa shape index (κ3) is 4.01. The Hall–Kier alpha value is -1.66. The number of nitro benzene ring substituents is 1. The van der Waals surface area contributed by atoms with Crippen molar-refractivity contribution in [1.82, 2.24) is 5.32 Å². The molecule has 0 unspecified atom stereocenters. The monoisotopic (exact) mass is 240 g/mol. The number of nitro groups is 1. The largest absolute Gasteiger partial charge is 0.484 e. The number of benzene rings is 1. The lowest BCUT2D eigenvalue weighted by molar-refractivity contribution is -0.385. The van der Waals surface area contributed by atoms with Crippen LogP contribution in [0.3, 0.4) is 0 Å². The molecule has 0 aromatic heterocycles. The summed E-state index contributed by atoms with van der Waals surface area (Å²) in [4.78, 5) is 10.4. The Labute approximate surface area is 99.7 Å². The maximum Gasteiger partial charge on any atom is 0.311 e. The molecule has 0 aliphatic rings. The lowest BCUT2D eigenvalue weighted by atomic mass is 10.2. The molecule has 0 saturated heterocycles. The molecule has 1 aromatic carbocycles. The molecule has 0 radical (unpaired) electrons. The first-order valence-electron chi connectivity index (χ1n) is 5.22. The van der Waals surface area contributed by atoms with Gasteiger partial charge in [-0.2, -0.15) is 0 Å². The van der Waals surface area contributed by atoms with Crippen LogP contribution in [0.15, 0.2) is 18.2 Å². The Morgan fingerprint density at radius 1 is 1.41 bits per heavy atom. The molecule has 1 rings (SSSR count). The average molecular weight is 240 g/mol. The number of nitrogens with one attached hydrogen (secondary N) is 1. The standard InChI is InChI=1S/C11H16N2O4/c1-12-8-9-3-4-11(17-6-5-16-2)10(7-9)13(14)15/h3-4,7,12H,5-6,8H2,1-2H3. The van der Waals surface area contributed by atoms with Crippen LogP contribution in [0.4, 0.5) is 5.69 Å². The molecule has 0 spiro atoms. The molecule has 1 aromatic rings. The molecule has 6 nitrogen and oxygen atoms in total. The maximum atomic E-state index is 10.9. The summed E-state index contributed by atoms with van der Waals surface area (Å²) in [6, 6.07) is 4.92. The lowest BCUT2D eigenvalue weighted by Crippen LogP contribution is -2.08. The minimum Gasteiger partial charge on any atom is -0.484 e. The number of hydrogen-bond acceptors (Lipinski definition) is 5. The summed E-state index contributed by atoms with van der Waals surface area (Å²) in [5, 5.41) is 13.8. The fourth-order valence-corrected chi connectivity index (χ4v) is 1.38. The molecule has 0 atom stereocenters. The van der Waals surface area contributed by atoms with Gasteiger partial charge in [0.25, 0.3) is 0 Å². The van der Waals surface area contributed by atoms with E-state index in [0.29, 0.717) is 19.8 Å². The van der Waals surface area contributed by atoms with E-state index in [0.717, 1.165) is 5.56 Å². The molecule has 17 heavy (non-hydrogen) atoms. The predicted octanol–water partition coefficient (Wildman–Crippen LogP) is 1.34. The molecule has 6 heteroatoms. The zero-order valence-electron chi connectivity index (χ0n) is 9.93. The third-order valence-electron chi connectivity index (χ3n) is 2.15. The Balaban J connectivity index is 2.84. The van der Waals surface area contributed by atoms with Gasteiger partial charge in [-0.1, -0.05) is 6.07 Å². The summed E-state index contributed by atoms with van der Waals surface area (Å²) in [5.74, 6) is 0.270. The number of methoxy groups -OCH3 is 1. The molecule has 94 valence electrons. The third-order valence-corrected chi connectivity index (χ3v) is 2.15. The molecular formula is C11H16N2O4. The van der Waals surface area contributed by atoms with E-state index < -0.39 is 4.92 Å². The van der Waals surface area contributed by atoms with E-state index >= 15 is 0 Å². The fraction of sp³-hybridized carbons (Fsp3) is 0.455. The molecule has 0 bridgehead atoms. The van der Waals surface area contributed by atoms with E-state index in [1.54, 1.807) is 26.3 Å². The van der Waals surface area contributed by atoms with Crippen LogP contribution in [0, 0.1) is 10.1 Å². The van der Waals surface area contributed by atoms with Gasteiger partial charge in [-0.25, -0.2) is 0 Å². The van der Waals surface area contributed by atoms with E-state index in [1.165, 1.54) is 6.07 Å². The second-order valence-electron chi connectivity index (χ2n) is 3.43. The van der Waals surface area contributed by atoms with Gasteiger partial charge in [0.05, 0.1) is 11.5 Å². The first-order valence-corrected chi connectivity index (χ1v) is 5.22. The summed E-state index contributed by atoms with van der Waals surface area (Å²) in [7, 11) is 3.34. The SMILES string of the molecule is CNCc1ccc(OCCOC)c([N+](=O)[O-])c1. The quantitative estimate of drug-likeness (QED) is 0.442. The van der Waals surface area contributed by atoms with Gasteiger partial charge in [-0.15, -0.1) is 0 Å². The highest BCUT2D eigenvalue weighted by atomic mass is 16.6. The van der Waals surface area contributed by atoms with Crippen molar-refractivity contribution in [3.05, 3.63) is 33.9 Å². The van der Waals surface area contributed by atoms with Crippen molar-refractivity contribution in [3.8, 4) is 5.75 Å².